The van der Waals surface area contributed by atoms with Gasteiger partial charge >= 0.3 is 0 Å². The van der Waals surface area contributed by atoms with E-state index in [9.17, 15) is 9.59 Å². The summed E-state index contributed by atoms with van der Waals surface area (Å²) in [5.74, 6) is 0.238. The van der Waals surface area contributed by atoms with Gasteiger partial charge < -0.3 is 9.80 Å². The highest BCUT2D eigenvalue weighted by atomic mass is 16.2. The molecule has 0 aliphatic carbocycles. The van der Waals surface area contributed by atoms with E-state index in [1.165, 1.54) is 0 Å². The van der Waals surface area contributed by atoms with Crippen molar-refractivity contribution in [3.05, 3.63) is 35.9 Å². The second-order valence-electron chi connectivity index (χ2n) is 7.08. The van der Waals surface area contributed by atoms with E-state index in [4.69, 9.17) is 0 Å². The molecule has 2 heterocycles. The van der Waals surface area contributed by atoms with E-state index in [0.717, 1.165) is 18.4 Å². The molecule has 0 spiro atoms. The largest absolute Gasteiger partial charge is 0.339 e. The number of carbonyl (C=O) groups is 2. The van der Waals surface area contributed by atoms with E-state index < -0.39 is 0 Å². The molecule has 1 aromatic carbocycles. The van der Waals surface area contributed by atoms with Crippen LogP contribution in [0.25, 0.3) is 0 Å². The highest BCUT2D eigenvalue weighted by molar-refractivity contribution is 5.84. The molecule has 2 aliphatic heterocycles. The summed E-state index contributed by atoms with van der Waals surface area (Å²) in [6.45, 7) is 5.87. The van der Waals surface area contributed by atoms with E-state index in [-0.39, 0.29) is 23.9 Å². The van der Waals surface area contributed by atoms with Crippen molar-refractivity contribution in [2.45, 2.75) is 57.8 Å². The number of carbonyl (C=O) groups excluding carboxylic acids is 2. The van der Waals surface area contributed by atoms with Gasteiger partial charge in [-0.2, -0.15) is 0 Å². The van der Waals surface area contributed by atoms with E-state index in [0.29, 0.717) is 32.1 Å². The fraction of sp³-hybridized carbons (Fsp3) is 0.579. The maximum Gasteiger partial charge on any atom is 0.241 e. The normalized spacial score (nSPS) is 27.4. The summed E-state index contributed by atoms with van der Waals surface area (Å²) in [5.41, 5.74) is 7.31. The van der Waals surface area contributed by atoms with Gasteiger partial charge in [-0.3, -0.25) is 15.0 Å². The Morgan fingerprint density at radius 1 is 1.24 bits per heavy atom. The standard InChI is InChI=1S/C19H28N4O2/c1-3-16-13-22(19(25)17-11-14(2)20-21-17)10-9-18(24)23(16)12-15-7-5-4-6-8-15/h4-8,14,16-17,20-21H,3,9-13H2,1-2H3. The molecule has 2 aliphatic rings. The molecule has 6 heteroatoms. The number of hydrogen-bond donors (Lipinski definition) is 2. The molecule has 1 aromatic rings. The van der Waals surface area contributed by atoms with Crippen LogP contribution in [-0.2, 0) is 16.1 Å². The van der Waals surface area contributed by atoms with Crippen LogP contribution in [0.5, 0.6) is 0 Å². The first-order valence-electron chi connectivity index (χ1n) is 9.21. The lowest BCUT2D eigenvalue weighted by Crippen LogP contribution is -2.49. The molecule has 2 N–H and O–H groups in total. The Hall–Kier alpha value is -1.92. The quantitative estimate of drug-likeness (QED) is 0.864. The molecule has 3 atom stereocenters. The molecule has 3 unspecified atom stereocenters. The van der Waals surface area contributed by atoms with Crippen LogP contribution in [0.4, 0.5) is 0 Å². The molecule has 0 radical (unpaired) electrons. The molecule has 136 valence electrons. The maximum absolute atomic E-state index is 12.8. The van der Waals surface area contributed by atoms with Crippen LogP contribution < -0.4 is 10.9 Å². The third kappa shape index (κ3) is 4.19. The van der Waals surface area contributed by atoms with Gasteiger partial charge in [0.25, 0.3) is 0 Å². The van der Waals surface area contributed by atoms with Crippen molar-refractivity contribution in [1.29, 1.82) is 0 Å². The topological polar surface area (TPSA) is 64.7 Å². The molecule has 0 aromatic heterocycles. The zero-order valence-corrected chi connectivity index (χ0v) is 15.1. The number of rotatable bonds is 4. The summed E-state index contributed by atoms with van der Waals surface area (Å²) in [6, 6.07) is 10.2. The van der Waals surface area contributed by atoms with Gasteiger partial charge in [0.05, 0.1) is 0 Å². The molecule has 3 rings (SSSR count). The van der Waals surface area contributed by atoms with Crippen molar-refractivity contribution < 1.29 is 9.59 Å². The Morgan fingerprint density at radius 2 is 2.00 bits per heavy atom. The van der Waals surface area contributed by atoms with Crippen molar-refractivity contribution in [2.24, 2.45) is 0 Å². The molecule has 6 nitrogen and oxygen atoms in total. The number of benzene rings is 1. The van der Waals surface area contributed by atoms with Gasteiger partial charge in [0.15, 0.2) is 0 Å². The predicted molar refractivity (Wildman–Crippen MR) is 96.4 cm³/mol. The fourth-order valence-corrected chi connectivity index (χ4v) is 3.67. The van der Waals surface area contributed by atoms with Gasteiger partial charge in [-0.15, -0.1) is 0 Å². The van der Waals surface area contributed by atoms with Gasteiger partial charge in [0, 0.05) is 38.1 Å². The Balaban J connectivity index is 1.71. The first-order valence-corrected chi connectivity index (χ1v) is 9.21. The summed E-state index contributed by atoms with van der Waals surface area (Å²) in [5, 5.41) is 0. The third-order valence-corrected chi connectivity index (χ3v) is 5.16. The van der Waals surface area contributed by atoms with Crippen LogP contribution in [0.3, 0.4) is 0 Å². The minimum absolute atomic E-state index is 0.0611. The second-order valence-corrected chi connectivity index (χ2v) is 7.08. The summed E-state index contributed by atoms with van der Waals surface area (Å²) in [6.07, 6.45) is 2.02. The van der Waals surface area contributed by atoms with Crippen LogP contribution in [0.1, 0.15) is 38.7 Å². The SMILES string of the molecule is CCC1CN(C(=O)C2CC(C)NN2)CCC(=O)N1Cc1ccccc1. The summed E-state index contributed by atoms with van der Waals surface area (Å²) >= 11 is 0. The van der Waals surface area contributed by atoms with Crippen LogP contribution in [0, 0.1) is 0 Å². The van der Waals surface area contributed by atoms with E-state index in [1.54, 1.807) is 0 Å². The summed E-state index contributed by atoms with van der Waals surface area (Å²) in [7, 11) is 0. The zero-order chi connectivity index (χ0) is 17.8. The molecular weight excluding hydrogens is 316 g/mol. The Kier molecular flexibility index (Phi) is 5.71. The van der Waals surface area contributed by atoms with Gasteiger partial charge in [-0.1, -0.05) is 37.3 Å². The highest BCUT2D eigenvalue weighted by Crippen LogP contribution is 2.19. The third-order valence-electron chi connectivity index (χ3n) is 5.16. The lowest BCUT2D eigenvalue weighted by atomic mass is 10.1. The highest BCUT2D eigenvalue weighted by Gasteiger charge is 2.35. The number of hydrazine groups is 1. The zero-order valence-electron chi connectivity index (χ0n) is 15.1. The van der Waals surface area contributed by atoms with E-state index >= 15 is 0 Å². The summed E-state index contributed by atoms with van der Waals surface area (Å²) < 4.78 is 0. The number of nitrogens with zero attached hydrogens (tertiary/aromatic N) is 2. The molecular formula is C19H28N4O2. The van der Waals surface area contributed by atoms with Crippen molar-refractivity contribution in [2.75, 3.05) is 13.1 Å². The van der Waals surface area contributed by atoms with Crippen molar-refractivity contribution in [1.82, 2.24) is 20.7 Å². The minimum atomic E-state index is -0.191. The van der Waals surface area contributed by atoms with E-state index in [2.05, 4.69) is 24.7 Å². The van der Waals surface area contributed by atoms with Crippen LogP contribution in [-0.4, -0.2) is 52.8 Å². The summed E-state index contributed by atoms with van der Waals surface area (Å²) in [4.78, 5) is 29.3. The van der Waals surface area contributed by atoms with Crippen LogP contribution >= 0.6 is 0 Å². The van der Waals surface area contributed by atoms with Crippen LogP contribution in [0.15, 0.2) is 30.3 Å². The number of hydrogen-bond acceptors (Lipinski definition) is 4. The number of amides is 2. The van der Waals surface area contributed by atoms with Gasteiger partial charge in [0.1, 0.15) is 6.04 Å². The van der Waals surface area contributed by atoms with Crippen molar-refractivity contribution in [3.63, 3.8) is 0 Å². The average molecular weight is 344 g/mol. The molecule has 2 amide bonds. The first-order chi connectivity index (χ1) is 12.1. The second kappa shape index (κ2) is 7.97. The lowest BCUT2D eigenvalue weighted by Gasteiger charge is -2.32. The van der Waals surface area contributed by atoms with Crippen molar-refractivity contribution in [3.8, 4) is 0 Å². The lowest BCUT2D eigenvalue weighted by molar-refractivity contribution is -0.134. The van der Waals surface area contributed by atoms with Crippen LogP contribution in [0.2, 0.25) is 0 Å². The molecule has 0 bridgehead atoms. The predicted octanol–water partition coefficient (Wildman–Crippen LogP) is 1.28. The molecule has 0 saturated carbocycles. The monoisotopic (exact) mass is 344 g/mol. The van der Waals surface area contributed by atoms with Gasteiger partial charge in [-0.05, 0) is 25.3 Å². The molecule has 2 fully saturated rings. The van der Waals surface area contributed by atoms with Crippen molar-refractivity contribution >= 4 is 11.8 Å². The van der Waals surface area contributed by atoms with Gasteiger partial charge in [-0.25, -0.2) is 5.43 Å². The van der Waals surface area contributed by atoms with E-state index in [1.807, 2.05) is 40.1 Å². The minimum Gasteiger partial charge on any atom is -0.339 e. The Morgan fingerprint density at radius 3 is 2.64 bits per heavy atom. The number of nitrogens with one attached hydrogen (secondary N) is 2. The smallest absolute Gasteiger partial charge is 0.241 e. The first kappa shape index (κ1) is 17.9. The fourth-order valence-electron chi connectivity index (χ4n) is 3.67. The van der Waals surface area contributed by atoms with Gasteiger partial charge in [0.2, 0.25) is 11.8 Å². The maximum atomic E-state index is 12.8. The Labute approximate surface area is 149 Å². The Bertz CT molecular complexity index is 607. The molecule has 25 heavy (non-hydrogen) atoms. The molecule has 2 saturated heterocycles. The average Bonchev–Trinajstić information content (AvgIpc) is 3.00.